The molecule has 1 nitrogen and oxygen atoms in total. The van der Waals surface area contributed by atoms with Gasteiger partial charge in [0.2, 0.25) is 0 Å². The third-order valence-corrected chi connectivity index (χ3v) is 6.56. The van der Waals surface area contributed by atoms with Crippen molar-refractivity contribution in [3.8, 4) is 0 Å². The lowest BCUT2D eigenvalue weighted by molar-refractivity contribution is 0.330. The van der Waals surface area contributed by atoms with E-state index in [9.17, 15) is 0 Å². The lowest BCUT2D eigenvalue weighted by Crippen LogP contribution is -2.35. The van der Waals surface area contributed by atoms with E-state index in [1.165, 1.54) is 18.7 Å². The number of hydrogen-bond acceptors (Lipinski definition) is 1. The second-order valence-corrected chi connectivity index (χ2v) is 8.49. The Labute approximate surface area is 65.1 Å². The van der Waals surface area contributed by atoms with Crippen LogP contribution in [0.1, 0.15) is 6.42 Å². The molecule has 0 spiro atoms. The Morgan fingerprint density at radius 2 is 2.10 bits per heavy atom. The van der Waals surface area contributed by atoms with Crippen molar-refractivity contribution in [1.29, 1.82) is 0 Å². The summed E-state index contributed by atoms with van der Waals surface area (Å²) in [6.45, 7) is 1.38. The Hall–Kier alpha value is 0.310. The van der Waals surface area contributed by atoms with Crippen molar-refractivity contribution in [2.75, 3.05) is 31.9 Å². The molecule has 2 atom stereocenters. The summed E-state index contributed by atoms with van der Waals surface area (Å²) in [7, 11) is 2.12. The predicted molar refractivity (Wildman–Crippen MR) is 49.1 cm³/mol. The molecule has 0 aromatic carbocycles. The minimum absolute atomic E-state index is 0.162. The second-order valence-electron chi connectivity index (χ2n) is 4.24. The topological polar surface area (TPSA) is 3.24 Å². The Balaban J connectivity index is 2.16. The smallest absolute Gasteiger partial charge is 0.0179 e. The summed E-state index contributed by atoms with van der Waals surface area (Å²) < 4.78 is 0. The fourth-order valence-corrected chi connectivity index (χ4v) is 5.35. The van der Waals surface area contributed by atoms with Crippen molar-refractivity contribution in [1.82, 2.24) is 4.90 Å². The van der Waals surface area contributed by atoms with Crippen molar-refractivity contribution in [3.05, 3.63) is 0 Å². The third-order valence-electron chi connectivity index (χ3n) is 3.17. The molecule has 10 heavy (non-hydrogen) atoms. The molecule has 0 radical (unpaired) electrons. The molecule has 0 aliphatic carbocycles. The zero-order chi connectivity index (χ0) is 7.35. The molecule has 2 bridgehead atoms. The van der Waals surface area contributed by atoms with E-state index in [-0.39, 0.29) is 10.0 Å². The molecule has 0 saturated carbocycles. The number of fused-ring (bicyclic) bond motifs is 2. The molecule has 2 aliphatic rings. The van der Waals surface area contributed by atoms with E-state index in [4.69, 9.17) is 0 Å². The van der Waals surface area contributed by atoms with Gasteiger partial charge in [0.15, 0.2) is 0 Å². The molecular formula is C8H17NS. The van der Waals surface area contributed by atoms with Crippen LogP contribution in [0.4, 0.5) is 0 Å². The van der Waals surface area contributed by atoms with E-state index in [0.29, 0.717) is 0 Å². The lowest BCUT2D eigenvalue weighted by atomic mass is 10.2. The highest BCUT2D eigenvalue weighted by Crippen LogP contribution is 2.57. The van der Waals surface area contributed by atoms with Crippen LogP contribution in [0.2, 0.25) is 0 Å². The van der Waals surface area contributed by atoms with Crippen molar-refractivity contribution in [2.45, 2.75) is 17.7 Å². The quantitative estimate of drug-likeness (QED) is 0.512. The highest BCUT2D eigenvalue weighted by atomic mass is 32.3. The zero-order valence-electron chi connectivity index (χ0n) is 7.13. The summed E-state index contributed by atoms with van der Waals surface area (Å²) >= 11 is 0. The van der Waals surface area contributed by atoms with Crippen LogP contribution in [0, 0.1) is 0 Å². The van der Waals surface area contributed by atoms with Gasteiger partial charge in [-0.3, -0.25) is 0 Å². The molecular weight excluding hydrogens is 142 g/mol. The molecule has 2 unspecified atom stereocenters. The fraction of sp³-hybridized carbons (Fsp3) is 1.00. The largest absolute Gasteiger partial charge is 0.302 e. The van der Waals surface area contributed by atoms with Crippen LogP contribution < -0.4 is 0 Å². The molecule has 2 aliphatic heterocycles. The van der Waals surface area contributed by atoms with Crippen LogP contribution in [0.3, 0.4) is 0 Å². The van der Waals surface area contributed by atoms with Gasteiger partial charge >= 0.3 is 0 Å². The highest BCUT2D eigenvalue weighted by molar-refractivity contribution is 8.33. The standard InChI is InChI=1S/C8H17NS/c1-9-5-8-4-7(9)6-10(8,2)3/h7-8H,4-6H2,1-3H3. The van der Waals surface area contributed by atoms with E-state index in [1.807, 2.05) is 0 Å². The van der Waals surface area contributed by atoms with E-state index in [0.717, 1.165) is 11.3 Å². The summed E-state index contributed by atoms with van der Waals surface area (Å²) in [5, 5.41) is 1.07. The number of rotatable bonds is 0. The van der Waals surface area contributed by atoms with Gasteiger partial charge in [-0.05, 0) is 31.7 Å². The number of nitrogens with zero attached hydrogens (tertiary/aromatic N) is 1. The molecule has 0 aromatic heterocycles. The summed E-state index contributed by atoms with van der Waals surface area (Å²) in [5.41, 5.74) is 0. The molecule has 0 amide bonds. The minimum atomic E-state index is -0.162. The predicted octanol–water partition coefficient (Wildman–Crippen LogP) is 1.14. The fourth-order valence-electron chi connectivity index (χ4n) is 2.32. The minimum Gasteiger partial charge on any atom is -0.302 e. The van der Waals surface area contributed by atoms with Gasteiger partial charge in [0.1, 0.15) is 0 Å². The van der Waals surface area contributed by atoms with Crippen LogP contribution in [0.15, 0.2) is 0 Å². The maximum atomic E-state index is 2.54. The summed E-state index contributed by atoms with van der Waals surface area (Å²) in [4.78, 5) is 2.54. The van der Waals surface area contributed by atoms with Crippen molar-refractivity contribution in [3.63, 3.8) is 0 Å². The average Bonchev–Trinajstić information content (AvgIpc) is 2.21. The monoisotopic (exact) mass is 159 g/mol. The maximum Gasteiger partial charge on any atom is 0.0179 e. The molecule has 2 rings (SSSR count). The van der Waals surface area contributed by atoms with Crippen LogP contribution in [-0.4, -0.2) is 48.0 Å². The first-order chi connectivity index (χ1) is 4.59. The Morgan fingerprint density at radius 1 is 1.40 bits per heavy atom. The summed E-state index contributed by atoms with van der Waals surface area (Å²) in [6, 6.07) is 0.954. The number of likely N-dealkylation sites (tertiary alicyclic amines) is 1. The molecule has 0 N–H and O–H groups in total. The summed E-state index contributed by atoms with van der Waals surface area (Å²) in [5.74, 6) is 1.51. The van der Waals surface area contributed by atoms with Crippen molar-refractivity contribution >= 4 is 10.0 Å². The Bertz CT molecular complexity index is 153. The third kappa shape index (κ3) is 0.817. The van der Waals surface area contributed by atoms with Crippen molar-refractivity contribution in [2.24, 2.45) is 0 Å². The van der Waals surface area contributed by atoms with Crippen molar-refractivity contribution < 1.29 is 0 Å². The van der Waals surface area contributed by atoms with Crippen LogP contribution >= 0.6 is 10.0 Å². The zero-order valence-corrected chi connectivity index (χ0v) is 7.95. The van der Waals surface area contributed by atoms with E-state index in [2.05, 4.69) is 24.5 Å². The highest BCUT2D eigenvalue weighted by Gasteiger charge is 2.44. The van der Waals surface area contributed by atoms with E-state index in [1.54, 1.807) is 0 Å². The van der Waals surface area contributed by atoms with Crippen LogP contribution in [0.5, 0.6) is 0 Å². The lowest BCUT2D eigenvalue weighted by Gasteiger charge is -2.39. The molecule has 2 heteroatoms. The Kier molecular flexibility index (Phi) is 1.34. The molecule has 0 aromatic rings. The molecule has 2 heterocycles. The summed E-state index contributed by atoms with van der Waals surface area (Å²) in [6.07, 6.45) is 6.51. The first kappa shape index (κ1) is 6.99. The van der Waals surface area contributed by atoms with Gasteiger partial charge in [-0.1, -0.05) is 0 Å². The van der Waals surface area contributed by atoms with Gasteiger partial charge in [0.25, 0.3) is 0 Å². The Morgan fingerprint density at radius 3 is 2.40 bits per heavy atom. The average molecular weight is 159 g/mol. The molecule has 2 saturated heterocycles. The van der Waals surface area contributed by atoms with Gasteiger partial charge in [-0.15, -0.1) is 0 Å². The SMILES string of the molecule is CN1CC2CC1CS2(C)C. The van der Waals surface area contributed by atoms with Gasteiger partial charge in [-0.25, -0.2) is 10.0 Å². The maximum absolute atomic E-state index is 2.54. The molecule has 2 fully saturated rings. The van der Waals surface area contributed by atoms with Gasteiger partial charge in [0, 0.05) is 17.8 Å². The second kappa shape index (κ2) is 1.92. The van der Waals surface area contributed by atoms with E-state index < -0.39 is 0 Å². The van der Waals surface area contributed by atoms with E-state index >= 15 is 0 Å². The first-order valence-electron chi connectivity index (χ1n) is 4.00. The van der Waals surface area contributed by atoms with Gasteiger partial charge < -0.3 is 4.90 Å². The first-order valence-corrected chi connectivity index (χ1v) is 6.68. The van der Waals surface area contributed by atoms with Crippen LogP contribution in [-0.2, 0) is 0 Å². The normalized spacial score (nSPS) is 47.9. The van der Waals surface area contributed by atoms with Crippen LogP contribution in [0.25, 0.3) is 0 Å². The number of hydrogen-bond donors (Lipinski definition) is 0. The molecule has 60 valence electrons. The van der Waals surface area contributed by atoms with Gasteiger partial charge in [0.05, 0.1) is 0 Å². The van der Waals surface area contributed by atoms with Gasteiger partial charge in [-0.2, -0.15) is 0 Å².